The summed E-state index contributed by atoms with van der Waals surface area (Å²) in [6.45, 7) is 3.67. The number of allylic oxidation sites excluding steroid dienone is 1. The van der Waals surface area contributed by atoms with Crippen molar-refractivity contribution in [2.75, 3.05) is 0 Å². The minimum Gasteiger partial charge on any atom is -0.463 e. The van der Waals surface area contributed by atoms with Gasteiger partial charge >= 0.3 is 0 Å². The van der Waals surface area contributed by atoms with Crippen LogP contribution in [0.15, 0.2) is 66.1 Å². The molecule has 7 heteroatoms. The molecule has 0 fully saturated rings. The predicted octanol–water partition coefficient (Wildman–Crippen LogP) is 4.51. The molecule has 0 atom stereocenters. The van der Waals surface area contributed by atoms with Crippen molar-refractivity contribution in [3.05, 3.63) is 79.0 Å². The van der Waals surface area contributed by atoms with Gasteiger partial charge in [0.1, 0.15) is 22.8 Å². The van der Waals surface area contributed by atoms with Crippen LogP contribution in [0.25, 0.3) is 17.0 Å². The Hall–Kier alpha value is -2.69. The van der Waals surface area contributed by atoms with E-state index in [0.717, 1.165) is 17.2 Å². The van der Waals surface area contributed by atoms with Gasteiger partial charge in [-0.2, -0.15) is 5.26 Å². The summed E-state index contributed by atoms with van der Waals surface area (Å²) in [7, 11) is -4.05. The summed E-state index contributed by atoms with van der Waals surface area (Å²) in [4.78, 5) is 12.2. The highest BCUT2D eigenvalue weighted by Gasteiger charge is 2.22. The summed E-state index contributed by atoms with van der Waals surface area (Å²) in [6.07, 6.45) is 2.24. The zero-order valence-electron chi connectivity index (χ0n) is 14.5. The van der Waals surface area contributed by atoms with Crippen molar-refractivity contribution < 1.29 is 12.8 Å². The molecule has 3 rings (SSSR count). The number of halogens is 1. The van der Waals surface area contributed by atoms with Gasteiger partial charge in [0, 0.05) is 4.47 Å². The molecule has 136 valence electrons. The van der Waals surface area contributed by atoms with Gasteiger partial charge in [0.15, 0.2) is 5.43 Å². The number of rotatable bonds is 3. The highest BCUT2D eigenvalue weighted by atomic mass is 79.9. The third-order valence-electron chi connectivity index (χ3n) is 4.06. The van der Waals surface area contributed by atoms with Crippen LogP contribution in [0.4, 0.5) is 0 Å². The fourth-order valence-corrected chi connectivity index (χ4v) is 4.20. The number of nitriles is 1. The molecule has 2 aromatic carbocycles. The van der Waals surface area contributed by atoms with E-state index in [9.17, 15) is 18.5 Å². The molecule has 5 nitrogen and oxygen atoms in total. The number of aryl methyl sites for hydroxylation is 2. The number of hydrogen-bond acceptors (Lipinski definition) is 5. The first kappa shape index (κ1) is 19.1. The molecule has 1 aromatic heterocycles. The lowest BCUT2D eigenvalue weighted by molar-refractivity contribution is 0.600. The van der Waals surface area contributed by atoms with Crippen molar-refractivity contribution in [2.45, 2.75) is 18.7 Å². The molecule has 1 heterocycles. The lowest BCUT2D eigenvalue weighted by Gasteiger charge is -2.05. The van der Waals surface area contributed by atoms with E-state index in [1.807, 2.05) is 13.0 Å². The van der Waals surface area contributed by atoms with Crippen molar-refractivity contribution in [1.29, 1.82) is 5.26 Å². The Morgan fingerprint density at radius 2 is 1.85 bits per heavy atom. The third kappa shape index (κ3) is 3.59. The Bertz CT molecular complexity index is 1280. The van der Waals surface area contributed by atoms with Gasteiger partial charge in [-0.05, 0) is 61.4 Å². The Morgan fingerprint density at radius 1 is 1.19 bits per heavy atom. The lowest BCUT2D eigenvalue weighted by atomic mass is 10.1. The molecule has 0 saturated carbocycles. The van der Waals surface area contributed by atoms with Crippen molar-refractivity contribution in [3.63, 3.8) is 0 Å². The van der Waals surface area contributed by atoms with Gasteiger partial charge in [-0.3, -0.25) is 4.79 Å². The van der Waals surface area contributed by atoms with Crippen molar-refractivity contribution in [2.24, 2.45) is 0 Å². The Kier molecular flexibility index (Phi) is 5.05. The average Bonchev–Trinajstić information content (AvgIpc) is 2.60. The molecule has 0 saturated heterocycles. The molecular weight excluding hydrogens is 430 g/mol. The van der Waals surface area contributed by atoms with Gasteiger partial charge in [-0.15, -0.1) is 0 Å². The normalized spacial score (nSPS) is 12.1. The van der Waals surface area contributed by atoms with Crippen molar-refractivity contribution in [1.82, 2.24) is 0 Å². The largest absolute Gasteiger partial charge is 0.463 e. The van der Waals surface area contributed by atoms with E-state index < -0.39 is 14.7 Å². The van der Waals surface area contributed by atoms with Crippen LogP contribution in [-0.2, 0) is 9.84 Å². The molecule has 0 aliphatic carbocycles. The number of sulfone groups is 1. The summed E-state index contributed by atoms with van der Waals surface area (Å²) < 4.78 is 31.7. The number of fused-ring (bicyclic) bond motifs is 1. The van der Waals surface area contributed by atoms with E-state index in [0.29, 0.717) is 15.4 Å². The quantitative estimate of drug-likeness (QED) is 0.555. The van der Waals surface area contributed by atoms with Crippen LogP contribution in [0.1, 0.15) is 16.7 Å². The second-order valence-electron chi connectivity index (χ2n) is 6.05. The zero-order chi connectivity index (χ0) is 19.8. The number of benzene rings is 2. The van der Waals surface area contributed by atoms with Crippen molar-refractivity contribution in [3.8, 4) is 6.07 Å². The first-order valence-corrected chi connectivity index (χ1v) is 10.2. The van der Waals surface area contributed by atoms with E-state index in [-0.39, 0.29) is 15.9 Å². The molecular formula is C20H14BrNO4S. The predicted molar refractivity (Wildman–Crippen MR) is 107 cm³/mol. The summed E-state index contributed by atoms with van der Waals surface area (Å²) in [5.41, 5.74) is 1.72. The minimum atomic E-state index is -4.05. The van der Waals surface area contributed by atoms with E-state index in [4.69, 9.17) is 4.42 Å². The van der Waals surface area contributed by atoms with Crippen LogP contribution < -0.4 is 5.43 Å². The smallest absolute Gasteiger partial charge is 0.216 e. The molecule has 0 aliphatic heterocycles. The van der Waals surface area contributed by atoms with E-state index >= 15 is 0 Å². The summed E-state index contributed by atoms with van der Waals surface area (Å²) in [6, 6.07) is 11.2. The van der Waals surface area contributed by atoms with Gasteiger partial charge in [-0.25, -0.2) is 8.42 Å². The van der Waals surface area contributed by atoms with E-state index in [1.54, 1.807) is 31.2 Å². The van der Waals surface area contributed by atoms with Crippen LogP contribution in [-0.4, -0.2) is 8.42 Å². The van der Waals surface area contributed by atoms with Crippen LogP contribution in [0.2, 0.25) is 0 Å². The summed E-state index contributed by atoms with van der Waals surface area (Å²) in [5.74, 6) is 0. The van der Waals surface area contributed by atoms with Gasteiger partial charge in [0.2, 0.25) is 9.84 Å². The highest BCUT2D eigenvalue weighted by Crippen LogP contribution is 2.24. The molecule has 0 aliphatic rings. The van der Waals surface area contributed by atoms with Crippen LogP contribution in [0, 0.1) is 25.2 Å². The SMILES string of the molecule is Cc1cc(C)c2c(=O)c(C=C(C#N)S(=O)(=O)c3ccc(Br)cc3)coc2c1. The second kappa shape index (κ2) is 7.14. The first-order valence-electron chi connectivity index (χ1n) is 7.89. The second-order valence-corrected chi connectivity index (χ2v) is 8.89. The standard InChI is InChI=1S/C20H14BrNO4S/c1-12-7-13(2)19-18(8-12)26-11-14(20(19)23)9-17(10-22)27(24,25)16-5-3-15(21)4-6-16/h3-9,11H,1-2H3. The Morgan fingerprint density at radius 3 is 2.48 bits per heavy atom. The maximum Gasteiger partial charge on any atom is 0.216 e. The molecule has 0 spiro atoms. The fraction of sp³-hybridized carbons (Fsp3) is 0.100. The summed E-state index contributed by atoms with van der Waals surface area (Å²) in [5, 5.41) is 9.76. The Labute approximate surface area is 164 Å². The molecule has 27 heavy (non-hydrogen) atoms. The molecule has 0 unspecified atom stereocenters. The van der Waals surface area contributed by atoms with Crippen molar-refractivity contribution >= 4 is 42.8 Å². The highest BCUT2D eigenvalue weighted by molar-refractivity contribution is 9.10. The average molecular weight is 444 g/mol. The number of nitrogens with zero attached hydrogens (tertiary/aromatic N) is 1. The van der Waals surface area contributed by atoms with Gasteiger partial charge < -0.3 is 4.42 Å². The van der Waals surface area contributed by atoms with Gasteiger partial charge in [0.25, 0.3) is 0 Å². The topological polar surface area (TPSA) is 88.1 Å². The van der Waals surface area contributed by atoms with Crippen LogP contribution in [0.5, 0.6) is 0 Å². The summed E-state index contributed by atoms with van der Waals surface area (Å²) >= 11 is 3.24. The monoisotopic (exact) mass is 443 g/mol. The molecule has 0 bridgehead atoms. The minimum absolute atomic E-state index is 0.00619. The van der Waals surface area contributed by atoms with E-state index in [2.05, 4.69) is 15.9 Å². The number of hydrogen-bond donors (Lipinski definition) is 0. The van der Waals surface area contributed by atoms with Gasteiger partial charge in [0.05, 0.1) is 15.8 Å². The van der Waals surface area contributed by atoms with E-state index in [1.165, 1.54) is 18.4 Å². The van der Waals surface area contributed by atoms with Crippen LogP contribution in [0.3, 0.4) is 0 Å². The van der Waals surface area contributed by atoms with Crippen LogP contribution >= 0.6 is 15.9 Å². The third-order valence-corrected chi connectivity index (χ3v) is 6.27. The molecule has 0 N–H and O–H groups in total. The molecule has 3 aromatic rings. The lowest BCUT2D eigenvalue weighted by Crippen LogP contribution is -2.09. The fourth-order valence-electron chi connectivity index (χ4n) is 2.79. The maximum atomic E-state index is 12.8. The zero-order valence-corrected chi connectivity index (χ0v) is 16.9. The molecule has 0 radical (unpaired) electrons. The molecule has 0 amide bonds. The maximum absolute atomic E-state index is 12.8. The Balaban J connectivity index is 2.20. The van der Waals surface area contributed by atoms with Gasteiger partial charge in [-0.1, -0.05) is 22.0 Å². The first-order chi connectivity index (χ1) is 12.7.